The maximum absolute atomic E-state index is 12.4. The van der Waals surface area contributed by atoms with Gasteiger partial charge in [-0.25, -0.2) is 0 Å². The van der Waals surface area contributed by atoms with E-state index >= 15 is 0 Å². The van der Waals surface area contributed by atoms with Crippen LogP contribution in [0.5, 0.6) is 11.5 Å². The first-order valence-corrected chi connectivity index (χ1v) is 8.94. The molecule has 9 heteroatoms. The molecule has 7 nitrogen and oxygen atoms in total. The van der Waals surface area contributed by atoms with Crippen molar-refractivity contribution >= 4 is 40.6 Å². The van der Waals surface area contributed by atoms with Gasteiger partial charge in [-0.3, -0.25) is 4.79 Å². The van der Waals surface area contributed by atoms with Crippen LogP contribution in [-0.4, -0.2) is 16.2 Å². The summed E-state index contributed by atoms with van der Waals surface area (Å²) in [4.78, 5) is 12.4. The molecule has 0 aliphatic heterocycles. The Bertz CT molecular complexity index is 1130. The summed E-state index contributed by atoms with van der Waals surface area (Å²) in [7, 11) is 0. The van der Waals surface area contributed by atoms with Gasteiger partial charge >= 0.3 is 0 Å². The first-order valence-electron chi connectivity index (χ1n) is 8.18. The zero-order chi connectivity index (χ0) is 21.0. The molecule has 0 saturated carbocycles. The summed E-state index contributed by atoms with van der Waals surface area (Å²) >= 11 is 12.1. The minimum Gasteiger partial charge on any atom is -0.506 e. The third-order valence-electron chi connectivity index (χ3n) is 3.81. The van der Waals surface area contributed by atoms with Crippen LogP contribution in [0.4, 0.5) is 5.69 Å². The number of anilines is 1. The average Bonchev–Trinajstić information content (AvgIpc) is 3.12. The summed E-state index contributed by atoms with van der Waals surface area (Å²) in [5, 5.41) is 26.3. The van der Waals surface area contributed by atoms with Gasteiger partial charge in [-0.2, -0.15) is 5.26 Å². The number of carbonyl (C=O) groups is 1. The van der Waals surface area contributed by atoms with Crippen molar-refractivity contribution in [3.8, 4) is 17.6 Å². The Morgan fingerprint density at radius 1 is 1.24 bits per heavy atom. The van der Waals surface area contributed by atoms with Crippen molar-refractivity contribution in [1.82, 2.24) is 5.16 Å². The first-order chi connectivity index (χ1) is 13.9. The largest absolute Gasteiger partial charge is 0.506 e. The summed E-state index contributed by atoms with van der Waals surface area (Å²) in [6.45, 7) is 1.55. The van der Waals surface area contributed by atoms with Crippen LogP contribution in [0.25, 0.3) is 5.76 Å². The van der Waals surface area contributed by atoms with Gasteiger partial charge in [-0.1, -0.05) is 28.4 Å². The van der Waals surface area contributed by atoms with Gasteiger partial charge < -0.3 is 19.7 Å². The molecule has 1 aromatic heterocycles. The van der Waals surface area contributed by atoms with Gasteiger partial charge in [0.2, 0.25) is 0 Å². The molecule has 0 bridgehead atoms. The van der Waals surface area contributed by atoms with Crippen LogP contribution in [0.15, 0.2) is 58.8 Å². The van der Waals surface area contributed by atoms with Gasteiger partial charge in [0.05, 0.1) is 16.8 Å². The number of rotatable bonds is 5. The molecule has 0 radical (unpaired) electrons. The first kappa shape index (κ1) is 20.3. The van der Waals surface area contributed by atoms with Gasteiger partial charge in [0.15, 0.2) is 11.3 Å². The molecule has 3 aromatic rings. The molecule has 29 heavy (non-hydrogen) atoms. The highest BCUT2D eigenvalue weighted by atomic mass is 35.5. The quantitative estimate of drug-likeness (QED) is 0.314. The number of hydrogen-bond acceptors (Lipinski definition) is 6. The molecule has 0 saturated heterocycles. The molecule has 0 fully saturated rings. The Morgan fingerprint density at radius 2 is 1.97 bits per heavy atom. The smallest absolute Gasteiger partial charge is 0.270 e. The highest BCUT2D eigenvalue weighted by Crippen LogP contribution is 2.32. The predicted octanol–water partition coefficient (Wildman–Crippen LogP) is 5.51. The van der Waals surface area contributed by atoms with Crippen LogP contribution in [0.1, 0.15) is 11.3 Å². The second-order valence-electron chi connectivity index (χ2n) is 5.79. The number of aliphatic hydroxyl groups is 1. The molecule has 0 spiro atoms. The fraction of sp³-hybridized carbons (Fsp3) is 0.0500. The fourth-order valence-corrected chi connectivity index (χ4v) is 2.70. The maximum atomic E-state index is 12.4. The molecule has 0 atom stereocenters. The van der Waals surface area contributed by atoms with Crippen LogP contribution >= 0.6 is 23.2 Å². The van der Waals surface area contributed by atoms with E-state index in [4.69, 9.17) is 32.5 Å². The highest BCUT2D eigenvalue weighted by Gasteiger charge is 2.20. The number of nitrogens with one attached hydrogen (secondary N) is 1. The van der Waals surface area contributed by atoms with E-state index in [9.17, 15) is 15.2 Å². The van der Waals surface area contributed by atoms with Crippen molar-refractivity contribution in [2.45, 2.75) is 6.92 Å². The van der Waals surface area contributed by atoms with Crippen molar-refractivity contribution < 1.29 is 19.2 Å². The molecule has 2 aromatic carbocycles. The van der Waals surface area contributed by atoms with Gasteiger partial charge in [0, 0.05) is 10.7 Å². The van der Waals surface area contributed by atoms with Crippen molar-refractivity contribution in [3.63, 3.8) is 0 Å². The Balaban J connectivity index is 1.78. The maximum Gasteiger partial charge on any atom is 0.270 e. The standard InChI is InChI=1S/C20H13Cl2N3O4/c1-11-16(10-24-29-11)19(26)15(9-23)20(27)25-13-4-7-18(17(22)8-13)28-14-5-2-12(21)3-6-14/h2-8,10,26H,1H3,(H,25,27)/b19-15-. The number of aryl methyl sites for hydroxylation is 1. The molecule has 146 valence electrons. The Hall–Kier alpha value is -3.47. The van der Waals surface area contributed by atoms with E-state index in [2.05, 4.69) is 10.5 Å². The molecular formula is C20H13Cl2N3O4. The van der Waals surface area contributed by atoms with E-state index in [1.54, 1.807) is 49.4 Å². The number of carbonyl (C=O) groups excluding carboxylic acids is 1. The van der Waals surface area contributed by atoms with E-state index in [-0.39, 0.29) is 16.3 Å². The summed E-state index contributed by atoms with van der Waals surface area (Å²) in [6.07, 6.45) is 1.22. The van der Waals surface area contributed by atoms with Crippen molar-refractivity contribution in [2.75, 3.05) is 5.32 Å². The number of aromatic nitrogens is 1. The third kappa shape index (κ3) is 4.69. The number of nitriles is 1. The molecule has 0 aliphatic carbocycles. The summed E-state index contributed by atoms with van der Waals surface area (Å²) in [5.74, 6) is -0.164. The van der Waals surface area contributed by atoms with E-state index in [1.165, 1.54) is 12.3 Å². The van der Waals surface area contributed by atoms with Crippen molar-refractivity contribution in [3.05, 3.63) is 75.6 Å². The van der Waals surface area contributed by atoms with Crippen LogP contribution < -0.4 is 10.1 Å². The zero-order valence-electron chi connectivity index (χ0n) is 14.9. The molecular weight excluding hydrogens is 417 g/mol. The molecule has 2 N–H and O–H groups in total. The van der Waals surface area contributed by atoms with Crippen LogP contribution in [0, 0.1) is 18.3 Å². The van der Waals surface area contributed by atoms with Gasteiger partial charge in [-0.15, -0.1) is 0 Å². The Labute approximate surface area is 175 Å². The van der Waals surface area contributed by atoms with E-state index in [0.717, 1.165) is 0 Å². The second-order valence-corrected chi connectivity index (χ2v) is 6.63. The van der Waals surface area contributed by atoms with Gasteiger partial charge in [0.25, 0.3) is 5.91 Å². The van der Waals surface area contributed by atoms with E-state index in [0.29, 0.717) is 22.2 Å². The lowest BCUT2D eigenvalue weighted by Crippen LogP contribution is -2.15. The summed E-state index contributed by atoms with van der Waals surface area (Å²) in [6, 6.07) is 13.0. The van der Waals surface area contributed by atoms with Crippen molar-refractivity contribution in [1.29, 1.82) is 5.26 Å². The number of nitrogens with zero attached hydrogens (tertiary/aromatic N) is 2. The third-order valence-corrected chi connectivity index (χ3v) is 4.36. The lowest BCUT2D eigenvalue weighted by atomic mass is 10.1. The lowest BCUT2D eigenvalue weighted by Gasteiger charge is -2.10. The molecule has 3 rings (SSSR count). The number of hydrogen-bond donors (Lipinski definition) is 2. The molecule has 0 unspecified atom stereocenters. The Morgan fingerprint density at radius 3 is 2.55 bits per heavy atom. The zero-order valence-corrected chi connectivity index (χ0v) is 16.5. The lowest BCUT2D eigenvalue weighted by molar-refractivity contribution is -0.112. The predicted molar refractivity (Wildman–Crippen MR) is 108 cm³/mol. The Kier molecular flexibility index (Phi) is 6.07. The van der Waals surface area contributed by atoms with Crippen LogP contribution in [0.3, 0.4) is 0 Å². The van der Waals surface area contributed by atoms with Crippen LogP contribution in [0.2, 0.25) is 10.0 Å². The van der Waals surface area contributed by atoms with Crippen LogP contribution in [-0.2, 0) is 4.79 Å². The minimum atomic E-state index is -0.812. The molecule has 1 heterocycles. The summed E-state index contributed by atoms with van der Waals surface area (Å²) in [5.41, 5.74) is -0.0265. The highest BCUT2D eigenvalue weighted by molar-refractivity contribution is 6.32. The molecule has 1 amide bonds. The number of ether oxygens (including phenoxy) is 1. The minimum absolute atomic E-state index is 0.154. The SMILES string of the molecule is Cc1oncc1/C(O)=C(\C#N)C(=O)Nc1ccc(Oc2ccc(Cl)cc2)c(Cl)c1. The topological polar surface area (TPSA) is 108 Å². The van der Waals surface area contributed by atoms with E-state index in [1.807, 2.05) is 0 Å². The average molecular weight is 430 g/mol. The second kappa shape index (κ2) is 8.69. The monoisotopic (exact) mass is 429 g/mol. The normalized spacial score (nSPS) is 11.4. The number of halogens is 2. The van der Waals surface area contributed by atoms with Crippen molar-refractivity contribution in [2.24, 2.45) is 0 Å². The fourth-order valence-electron chi connectivity index (χ4n) is 2.36. The number of aliphatic hydroxyl groups excluding tert-OH is 1. The molecule has 0 aliphatic rings. The number of amides is 1. The van der Waals surface area contributed by atoms with Gasteiger partial charge in [0.1, 0.15) is 23.3 Å². The van der Waals surface area contributed by atoms with Gasteiger partial charge in [-0.05, 0) is 49.4 Å². The number of benzene rings is 2. The van der Waals surface area contributed by atoms with E-state index < -0.39 is 17.2 Å². The summed E-state index contributed by atoms with van der Waals surface area (Å²) < 4.78 is 10.5.